The smallest absolute Gasteiger partial charge is 0.247 e. The Bertz CT molecular complexity index is 1020. The van der Waals surface area contributed by atoms with Crippen molar-refractivity contribution in [2.24, 2.45) is 10.1 Å². The van der Waals surface area contributed by atoms with Gasteiger partial charge in [-0.3, -0.25) is 4.99 Å². The number of hydrogen-bond acceptors (Lipinski definition) is 4. The largest absolute Gasteiger partial charge is 0.355 e. The monoisotopic (exact) mass is 556 g/mol. The van der Waals surface area contributed by atoms with Gasteiger partial charge in [0.25, 0.3) is 0 Å². The number of primary sulfonamides is 1. The van der Waals surface area contributed by atoms with E-state index in [0.717, 1.165) is 16.2 Å². The van der Waals surface area contributed by atoms with Crippen molar-refractivity contribution >= 4 is 51.3 Å². The normalized spacial score (nSPS) is 11.8. The highest BCUT2D eigenvalue weighted by atomic mass is 127. The number of guanidine groups is 1. The van der Waals surface area contributed by atoms with Crippen LogP contribution in [0, 0.1) is 0 Å². The van der Waals surface area contributed by atoms with Gasteiger partial charge < -0.3 is 10.6 Å². The summed E-state index contributed by atoms with van der Waals surface area (Å²) >= 11 is 1.15. The number of halogens is 1. The summed E-state index contributed by atoms with van der Waals surface area (Å²) in [6, 6.07) is 23.9. The Morgan fingerprint density at radius 1 is 0.967 bits per heavy atom. The van der Waals surface area contributed by atoms with Gasteiger partial charge >= 0.3 is 0 Å². The van der Waals surface area contributed by atoms with Crippen molar-refractivity contribution in [2.75, 3.05) is 13.6 Å². The molecule has 0 aliphatic rings. The van der Waals surface area contributed by atoms with E-state index in [9.17, 15) is 8.42 Å². The summed E-state index contributed by atoms with van der Waals surface area (Å²) in [6.07, 6.45) is 0. The maximum atomic E-state index is 11.4. The SMILES string of the molecule is CN=C(NCc1ccc(S(N)(=O)=O)s1)NCC(c1ccccc1)c1ccccc1.I. The lowest BCUT2D eigenvalue weighted by molar-refractivity contribution is 0.600. The number of thiophene rings is 1. The van der Waals surface area contributed by atoms with Crippen LogP contribution in [0.5, 0.6) is 0 Å². The lowest BCUT2D eigenvalue weighted by Crippen LogP contribution is -2.39. The molecule has 0 saturated carbocycles. The summed E-state index contributed by atoms with van der Waals surface area (Å²) in [5, 5.41) is 11.8. The first-order valence-electron chi connectivity index (χ1n) is 9.13. The predicted octanol–water partition coefficient (Wildman–Crippen LogP) is 3.51. The van der Waals surface area contributed by atoms with Gasteiger partial charge in [0.05, 0.1) is 6.54 Å². The number of benzene rings is 2. The van der Waals surface area contributed by atoms with Crippen LogP contribution in [0.4, 0.5) is 0 Å². The van der Waals surface area contributed by atoms with Gasteiger partial charge in [-0.15, -0.1) is 35.3 Å². The summed E-state index contributed by atoms with van der Waals surface area (Å²) in [5.41, 5.74) is 2.44. The lowest BCUT2D eigenvalue weighted by Gasteiger charge is -2.20. The van der Waals surface area contributed by atoms with Crippen molar-refractivity contribution in [2.45, 2.75) is 16.7 Å². The Balaban J connectivity index is 0.00000320. The molecule has 3 aromatic rings. The maximum Gasteiger partial charge on any atom is 0.247 e. The van der Waals surface area contributed by atoms with Crippen LogP contribution in [0.3, 0.4) is 0 Å². The first-order valence-corrected chi connectivity index (χ1v) is 11.5. The zero-order chi connectivity index (χ0) is 20.7. The molecule has 3 rings (SSSR count). The average Bonchev–Trinajstić information content (AvgIpc) is 3.22. The number of nitrogens with one attached hydrogen (secondary N) is 2. The van der Waals surface area contributed by atoms with Crippen molar-refractivity contribution in [3.63, 3.8) is 0 Å². The molecule has 2 aromatic carbocycles. The minimum Gasteiger partial charge on any atom is -0.355 e. The molecule has 30 heavy (non-hydrogen) atoms. The van der Waals surface area contributed by atoms with Crippen LogP contribution in [-0.2, 0) is 16.6 Å². The second-order valence-electron chi connectivity index (χ2n) is 6.45. The molecule has 0 unspecified atom stereocenters. The summed E-state index contributed by atoms with van der Waals surface area (Å²) in [7, 11) is -1.96. The Morgan fingerprint density at radius 2 is 1.53 bits per heavy atom. The summed E-state index contributed by atoms with van der Waals surface area (Å²) in [4.78, 5) is 5.13. The highest BCUT2D eigenvalue weighted by molar-refractivity contribution is 14.0. The van der Waals surface area contributed by atoms with E-state index in [4.69, 9.17) is 5.14 Å². The van der Waals surface area contributed by atoms with E-state index in [1.54, 1.807) is 13.1 Å². The summed E-state index contributed by atoms with van der Waals surface area (Å²) in [6.45, 7) is 1.13. The molecule has 0 fully saturated rings. The van der Waals surface area contributed by atoms with Crippen LogP contribution < -0.4 is 15.8 Å². The zero-order valence-corrected chi connectivity index (χ0v) is 20.4. The first-order chi connectivity index (χ1) is 14.0. The van der Waals surface area contributed by atoms with Crippen molar-refractivity contribution in [3.8, 4) is 0 Å². The molecule has 6 nitrogen and oxygen atoms in total. The van der Waals surface area contributed by atoms with E-state index >= 15 is 0 Å². The molecule has 0 bridgehead atoms. The number of aliphatic imine (C=N–C) groups is 1. The Hall–Kier alpha value is -1.95. The Morgan fingerprint density at radius 3 is 2.00 bits per heavy atom. The third-order valence-corrected chi connectivity index (χ3v) is 6.97. The van der Waals surface area contributed by atoms with Crippen LogP contribution in [0.2, 0.25) is 0 Å². The molecule has 160 valence electrons. The van der Waals surface area contributed by atoms with Crippen molar-refractivity contribution in [1.29, 1.82) is 0 Å². The number of sulfonamides is 1. The van der Waals surface area contributed by atoms with E-state index < -0.39 is 10.0 Å². The fourth-order valence-corrected chi connectivity index (χ4v) is 4.71. The van der Waals surface area contributed by atoms with Gasteiger partial charge in [-0.2, -0.15) is 0 Å². The molecule has 1 aromatic heterocycles. The molecule has 0 saturated heterocycles. The maximum absolute atomic E-state index is 11.4. The standard InChI is InChI=1S/C21H24N4O2S2.HI/c1-23-21(24-14-18-12-13-20(28-18)29(22,26)27)25-15-19(16-8-4-2-5-9-16)17-10-6-3-7-11-17;/h2-13,19H,14-15H2,1H3,(H2,22,26,27)(H2,23,24,25);1H. The molecule has 0 spiro atoms. The topological polar surface area (TPSA) is 96.6 Å². The van der Waals surface area contributed by atoms with Gasteiger partial charge in [-0.1, -0.05) is 60.7 Å². The minimum atomic E-state index is -3.66. The molecule has 4 N–H and O–H groups in total. The third-order valence-electron chi connectivity index (χ3n) is 4.45. The Labute approximate surface area is 198 Å². The highest BCUT2D eigenvalue weighted by Gasteiger charge is 2.15. The van der Waals surface area contributed by atoms with E-state index in [1.165, 1.54) is 17.2 Å². The average molecular weight is 556 g/mol. The second-order valence-corrected chi connectivity index (χ2v) is 9.40. The third kappa shape index (κ3) is 6.79. The zero-order valence-electron chi connectivity index (χ0n) is 16.5. The molecule has 0 aliphatic heterocycles. The molecule has 0 atom stereocenters. The molecule has 0 aliphatic carbocycles. The molecule has 1 heterocycles. The lowest BCUT2D eigenvalue weighted by atomic mass is 9.91. The molecule has 0 amide bonds. The quantitative estimate of drug-likeness (QED) is 0.236. The van der Waals surface area contributed by atoms with Crippen LogP contribution in [0.25, 0.3) is 0 Å². The van der Waals surface area contributed by atoms with Crippen LogP contribution in [0.1, 0.15) is 21.9 Å². The number of nitrogens with two attached hydrogens (primary N) is 1. The fraction of sp³-hybridized carbons (Fsp3) is 0.190. The molecule has 0 radical (unpaired) electrons. The van der Waals surface area contributed by atoms with Crippen LogP contribution in [-0.4, -0.2) is 28.0 Å². The van der Waals surface area contributed by atoms with E-state index in [0.29, 0.717) is 19.0 Å². The first kappa shape index (κ1) is 24.3. The summed E-state index contributed by atoms with van der Waals surface area (Å²) in [5.74, 6) is 0.819. The van der Waals surface area contributed by atoms with E-state index in [1.807, 2.05) is 36.4 Å². The van der Waals surface area contributed by atoms with E-state index in [-0.39, 0.29) is 34.1 Å². The molecule has 9 heteroatoms. The summed E-state index contributed by atoms with van der Waals surface area (Å²) < 4.78 is 23.0. The van der Waals surface area contributed by atoms with Gasteiger partial charge in [0.15, 0.2) is 5.96 Å². The molecular weight excluding hydrogens is 531 g/mol. The van der Waals surface area contributed by atoms with Crippen LogP contribution >= 0.6 is 35.3 Å². The number of hydrogen-bond donors (Lipinski definition) is 3. The van der Waals surface area contributed by atoms with Gasteiger partial charge in [0, 0.05) is 24.4 Å². The van der Waals surface area contributed by atoms with Crippen molar-refractivity contribution < 1.29 is 8.42 Å². The fourth-order valence-electron chi connectivity index (χ4n) is 3.00. The van der Waals surface area contributed by atoms with Gasteiger partial charge in [0.2, 0.25) is 10.0 Å². The van der Waals surface area contributed by atoms with Crippen LogP contribution in [0.15, 0.2) is 82.0 Å². The highest BCUT2D eigenvalue weighted by Crippen LogP contribution is 2.24. The van der Waals surface area contributed by atoms with Gasteiger partial charge in [-0.05, 0) is 23.3 Å². The Kier molecular flexibility index (Phi) is 9.28. The van der Waals surface area contributed by atoms with Crippen molar-refractivity contribution in [1.82, 2.24) is 10.6 Å². The van der Waals surface area contributed by atoms with E-state index in [2.05, 4.69) is 39.9 Å². The van der Waals surface area contributed by atoms with Gasteiger partial charge in [-0.25, -0.2) is 13.6 Å². The number of rotatable bonds is 7. The number of nitrogens with zero attached hydrogens (tertiary/aromatic N) is 1. The minimum absolute atomic E-state index is 0. The van der Waals surface area contributed by atoms with Gasteiger partial charge in [0.1, 0.15) is 4.21 Å². The second kappa shape index (κ2) is 11.4. The van der Waals surface area contributed by atoms with Crippen molar-refractivity contribution in [3.05, 3.63) is 88.8 Å². The molecular formula is C21H25IN4O2S2. The predicted molar refractivity (Wildman–Crippen MR) is 134 cm³/mol.